The molecule has 0 bridgehead atoms. The summed E-state index contributed by atoms with van der Waals surface area (Å²) in [7, 11) is 0. The van der Waals surface area contributed by atoms with Gasteiger partial charge < -0.3 is 0 Å². The van der Waals surface area contributed by atoms with Crippen molar-refractivity contribution in [2.45, 2.75) is 32.1 Å². The van der Waals surface area contributed by atoms with E-state index < -0.39 is 17.6 Å². The van der Waals surface area contributed by atoms with Crippen molar-refractivity contribution in [1.82, 2.24) is 0 Å². The van der Waals surface area contributed by atoms with Gasteiger partial charge in [0.2, 0.25) is 11.2 Å². The summed E-state index contributed by atoms with van der Waals surface area (Å²) in [4.78, 5) is 10.0. The smallest absolute Gasteiger partial charge is 0.248 e. The average Bonchev–Trinajstić information content (AvgIpc) is 1.85. The fourth-order valence-electron chi connectivity index (χ4n) is 0.458. The number of halogens is 3. The first kappa shape index (κ1) is 9.82. The summed E-state index contributed by atoms with van der Waals surface area (Å²) in [6.07, 6.45) is -0.925. The molecule has 0 aromatic rings. The van der Waals surface area contributed by atoms with Crippen LogP contribution in [0.2, 0.25) is 0 Å². The molecule has 0 N–H and O–H groups in total. The molecule has 0 rings (SSSR count). The predicted molar refractivity (Wildman–Crippen MR) is 35.3 cm³/mol. The van der Waals surface area contributed by atoms with Crippen molar-refractivity contribution in [3.8, 4) is 0 Å². The zero-order chi connectivity index (χ0) is 8.20. The molecule has 0 heterocycles. The molecule has 0 aromatic heterocycles. The third-order valence-electron chi connectivity index (χ3n) is 1.20. The van der Waals surface area contributed by atoms with Crippen LogP contribution >= 0.6 is 11.6 Å². The molecule has 0 aliphatic heterocycles. The fourth-order valence-corrected chi connectivity index (χ4v) is 0.552. The Morgan fingerprint density at radius 3 is 2.40 bits per heavy atom. The van der Waals surface area contributed by atoms with E-state index in [-0.39, 0.29) is 12.8 Å². The second-order valence-corrected chi connectivity index (χ2v) is 2.49. The molecule has 4 heteroatoms. The van der Waals surface area contributed by atoms with Crippen LogP contribution in [0.4, 0.5) is 8.78 Å². The van der Waals surface area contributed by atoms with Gasteiger partial charge in [-0.15, -0.1) is 0 Å². The summed E-state index contributed by atoms with van der Waals surface area (Å²) in [5.41, 5.74) is 0. The van der Waals surface area contributed by atoms with Gasteiger partial charge in [-0.2, -0.15) is 0 Å². The Hall–Kier alpha value is -0.180. The van der Waals surface area contributed by atoms with E-state index in [1.54, 1.807) is 0 Å². The summed E-state index contributed by atoms with van der Waals surface area (Å²) < 4.78 is 24.6. The number of hydrogen-bond donors (Lipinski definition) is 0. The lowest BCUT2D eigenvalue weighted by Crippen LogP contribution is -2.14. The van der Waals surface area contributed by atoms with Gasteiger partial charge in [0, 0.05) is 19.3 Å². The van der Waals surface area contributed by atoms with Crippen LogP contribution in [-0.4, -0.2) is 11.2 Å². The predicted octanol–water partition coefficient (Wildman–Crippen LogP) is 2.58. The SMILES string of the molecule is CCC(F)(F)CCC(=O)Cl. The van der Waals surface area contributed by atoms with Crippen molar-refractivity contribution in [3.05, 3.63) is 0 Å². The van der Waals surface area contributed by atoms with Crippen LogP contribution in [0.1, 0.15) is 26.2 Å². The molecule has 0 fully saturated rings. The molecule has 0 saturated heterocycles. The van der Waals surface area contributed by atoms with Crippen molar-refractivity contribution >= 4 is 16.8 Å². The van der Waals surface area contributed by atoms with E-state index in [4.69, 9.17) is 11.6 Å². The standard InChI is InChI=1S/C6H9ClF2O/c1-2-6(8,9)4-3-5(7)10/h2-4H2,1H3. The molecule has 0 aliphatic rings. The second kappa shape index (κ2) is 3.86. The highest BCUT2D eigenvalue weighted by Crippen LogP contribution is 2.24. The largest absolute Gasteiger partial charge is 0.281 e. The van der Waals surface area contributed by atoms with E-state index in [9.17, 15) is 13.6 Å². The van der Waals surface area contributed by atoms with E-state index in [1.807, 2.05) is 0 Å². The molecule has 0 saturated carbocycles. The molecule has 60 valence electrons. The summed E-state index contributed by atoms with van der Waals surface area (Å²) in [5.74, 6) is -2.73. The Morgan fingerprint density at radius 2 is 2.10 bits per heavy atom. The van der Waals surface area contributed by atoms with Crippen molar-refractivity contribution in [2.75, 3.05) is 0 Å². The lowest BCUT2D eigenvalue weighted by molar-refractivity contribution is -0.113. The zero-order valence-corrected chi connectivity index (χ0v) is 6.42. The molecular formula is C6H9ClF2O. The Morgan fingerprint density at radius 1 is 1.60 bits per heavy atom. The van der Waals surface area contributed by atoms with Crippen LogP contribution < -0.4 is 0 Å². The summed E-state index contributed by atoms with van der Waals surface area (Å²) >= 11 is 4.87. The molecule has 0 atom stereocenters. The fraction of sp³-hybridized carbons (Fsp3) is 0.833. The summed E-state index contributed by atoms with van der Waals surface area (Å²) in [6.45, 7) is 1.37. The molecule has 0 spiro atoms. The Balaban J connectivity index is 3.56. The maximum absolute atomic E-state index is 12.3. The van der Waals surface area contributed by atoms with Crippen LogP contribution in [0.25, 0.3) is 0 Å². The third kappa shape index (κ3) is 4.68. The van der Waals surface area contributed by atoms with Crippen LogP contribution in [0.5, 0.6) is 0 Å². The van der Waals surface area contributed by atoms with Crippen LogP contribution in [0, 0.1) is 0 Å². The molecule has 10 heavy (non-hydrogen) atoms. The highest BCUT2D eigenvalue weighted by atomic mass is 35.5. The van der Waals surface area contributed by atoms with Crippen LogP contribution in [0.15, 0.2) is 0 Å². The average molecular weight is 171 g/mol. The van der Waals surface area contributed by atoms with Gasteiger partial charge in [-0.3, -0.25) is 4.79 Å². The van der Waals surface area contributed by atoms with Crippen molar-refractivity contribution in [1.29, 1.82) is 0 Å². The van der Waals surface area contributed by atoms with Gasteiger partial charge in [-0.05, 0) is 11.6 Å². The molecule has 0 amide bonds. The number of rotatable bonds is 4. The second-order valence-electron chi connectivity index (χ2n) is 2.06. The van der Waals surface area contributed by atoms with Gasteiger partial charge in [-0.25, -0.2) is 8.78 Å². The van der Waals surface area contributed by atoms with E-state index >= 15 is 0 Å². The number of carbonyl (C=O) groups excluding carboxylic acids is 1. The van der Waals surface area contributed by atoms with E-state index in [0.717, 1.165) is 0 Å². The zero-order valence-electron chi connectivity index (χ0n) is 5.66. The monoisotopic (exact) mass is 170 g/mol. The summed E-state index contributed by atoms with van der Waals surface area (Å²) in [6, 6.07) is 0. The van der Waals surface area contributed by atoms with E-state index in [0.29, 0.717) is 0 Å². The van der Waals surface area contributed by atoms with Gasteiger partial charge in [-0.1, -0.05) is 6.92 Å². The van der Waals surface area contributed by atoms with Gasteiger partial charge >= 0.3 is 0 Å². The Bertz CT molecular complexity index is 125. The first-order valence-corrected chi connectivity index (χ1v) is 3.42. The minimum atomic E-state index is -2.73. The maximum Gasteiger partial charge on any atom is 0.248 e. The Kier molecular flexibility index (Phi) is 3.79. The van der Waals surface area contributed by atoms with Crippen LogP contribution in [-0.2, 0) is 4.79 Å². The quantitative estimate of drug-likeness (QED) is 0.593. The Labute approximate surface area is 63.4 Å². The number of carbonyl (C=O) groups is 1. The van der Waals surface area contributed by atoms with Crippen molar-refractivity contribution in [2.24, 2.45) is 0 Å². The topological polar surface area (TPSA) is 17.1 Å². The van der Waals surface area contributed by atoms with Crippen LogP contribution in [0.3, 0.4) is 0 Å². The van der Waals surface area contributed by atoms with Gasteiger partial charge in [0.05, 0.1) is 0 Å². The van der Waals surface area contributed by atoms with E-state index in [1.165, 1.54) is 6.92 Å². The minimum Gasteiger partial charge on any atom is -0.281 e. The highest BCUT2D eigenvalue weighted by Gasteiger charge is 2.26. The van der Waals surface area contributed by atoms with Gasteiger partial charge in [0.25, 0.3) is 0 Å². The number of hydrogen-bond acceptors (Lipinski definition) is 1. The molecule has 0 unspecified atom stereocenters. The number of alkyl halides is 2. The van der Waals surface area contributed by atoms with Crippen molar-refractivity contribution < 1.29 is 13.6 Å². The molecule has 1 nitrogen and oxygen atoms in total. The molecule has 0 aromatic carbocycles. The first-order valence-electron chi connectivity index (χ1n) is 3.04. The van der Waals surface area contributed by atoms with E-state index in [2.05, 4.69) is 0 Å². The van der Waals surface area contributed by atoms with Gasteiger partial charge in [0.15, 0.2) is 0 Å². The summed E-state index contributed by atoms with van der Waals surface area (Å²) in [5, 5.41) is -0.701. The first-order chi connectivity index (χ1) is 4.48. The highest BCUT2D eigenvalue weighted by molar-refractivity contribution is 6.63. The lowest BCUT2D eigenvalue weighted by Gasteiger charge is -2.10. The minimum absolute atomic E-state index is 0.239. The lowest BCUT2D eigenvalue weighted by atomic mass is 10.1. The molecule has 0 radical (unpaired) electrons. The maximum atomic E-state index is 12.3. The van der Waals surface area contributed by atoms with Crippen molar-refractivity contribution in [3.63, 3.8) is 0 Å². The molecule has 0 aliphatic carbocycles. The molecular weight excluding hydrogens is 162 g/mol. The normalized spacial score (nSPS) is 11.6. The third-order valence-corrected chi connectivity index (χ3v) is 1.39. The van der Waals surface area contributed by atoms with Gasteiger partial charge in [0.1, 0.15) is 0 Å².